The van der Waals surface area contributed by atoms with Gasteiger partial charge in [0.25, 0.3) is 5.91 Å². The maximum Gasteiger partial charge on any atom is 0.336 e. The number of hydrogen-bond donors (Lipinski definition) is 1. The fourth-order valence-electron chi connectivity index (χ4n) is 4.14. The molecule has 0 spiro atoms. The molecule has 168 valence electrons. The molecule has 8 heteroatoms. The largest absolute Gasteiger partial charge is 0.482 e. The van der Waals surface area contributed by atoms with Crippen molar-refractivity contribution in [2.24, 2.45) is 11.8 Å². The standard InChI is InChI=1S/C24H25ClN2O5/c1-4-10-26-19(28)12-31-18-9-8-14(11-17(18)25)15-6-5-7-16-20(15)23-27(22(16)29)21(13(2)3)24(30)32-23/h5-9,11,13,16,21H,4,10,12H2,1-3H3,(H,26,28). The number of esters is 1. The molecule has 2 unspecified atom stereocenters. The predicted molar refractivity (Wildman–Crippen MR) is 119 cm³/mol. The molecular weight excluding hydrogens is 432 g/mol. The zero-order valence-corrected chi connectivity index (χ0v) is 18.9. The number of carbonyl (C=O) groups is 3. The van der Waals surface area contributed by atoms with Crippen LogP contribution in [0.25, 0.3) is 5.57 Å². The van der Waals surface area contributed by atoms with Gasteiger partial charge in [-0.15, -0.1) is 0 Å². The number of halogens is 1. The van der Waals surface area contributed by atoms with E-state index in [1.54, 1.807) is 12.1 Å². The fourth-order valence-corrected chi connectivity index (χ4v) is 4.38. The van der Waals surface area contributed by atoms with Crippen LogP contribution in [0.2, 0.25) is 5.02 Å². The number of fused-ring (bicyclic) bond motifs is 2. The highest BCUT2D eigenvalue weighted by molar-refractivity contribution is 6.32. The summed E-state index contributed by atoms with van der Waals surface area (Å²) in [4.78, 5) is 38.8. The van der Waals surface area contributed by atoms with E-state index in [2.05, 4.69) is 5.32 Å². The molecule has 1 fully saturated rings. The molecule has 2 amide bonds. The van der Waals surface area contributed by atoms with Gasteiger partial charge in [0.05, 0.1) is 10.9 Å². The van der Waals surface area contributed by atoms with E-state index in [0.29, 0.717) is 28.8 Å². The SMILES string of the molecule is CCCNC(=O)COc1ccc(C2=CC=CC3C(=O)N4C(=C23)OC(=O)C4C(C)C)cc1Cl. The average Bonchev–Trinajstić information content (AvgIpc) is 3.24. The van der Waals surface area contributed by atoms with Crippen LogP contribution in [0.3, 0.4) is 0 Å². The molecule has 0 aromatic heterocycles. The minimum atomic E-state index is -0.622. The topological polar surface area (TPSA) is 84.9 Å². The number of amides is 2. The molecule has 1 aromatic rings. The second-order valence-corrected chi connectivity index (χ2v) is 8.67. The molecule has 0 saturated carbocycles. The smallest absolute Gasteiger partial charge is 0.336 e. The molecule has 7 nitrogen and oxygen atoms in total. The Morgan fingerprint density at radius 1 is 1.31 bits per heavy atom. The number of nitrogens with one attached hydrogen (secondary N) is 1. The van der Waals surface area contributed by atoms with Crippen molar-refractivity contribution < 1.29 is 23.9 Å². The van der Waals surface area contributed by atoms with E-state index >= 15 is 0 Å². The maximum absolute atomic E-state index is 13.1. The van der Waals surface area contributed by atoms with Crippen molar-refractivity contribution in [3.8, 4) is 5.75 Å². The van der Waals surface area contributed by atoms with Crippen molar-refractivity contribution >= 4 is 35.0 Å². The molecule has 1 aliphatic carbocycles. The van der Waals surface area contributed by atoms with Crippen molar-refractivity contribution in [2.45, 2.75) is 33.2 Å². The van der Waals surface area contributed by atoms with E-state index in [4.69, 9.17) is 21.1 Å². The Bertz CT molecular complexity index is 1070. The van der Waals surface area contributed by atoms with Crippen LogP contribution >= 0.6 is 11.6 Å². The molecule has 4 rings (SSSR count). The van der Waals surface area contributed by atoms with Gasteiger partial charge in [0, 0.05) is 12.1 Å². The Labute approximate surface area is 191 Å². The summed E-state index contributed by atoms with van der Waals surface area (Å²) in [5.74, 6) is -0.660. The lowest BCUT2D eigenvalue weighted by atomic mass is 9.86. The third-order valence-electron chi connectivity index (χ3n) is 5.64. The lowest BCUT2D eigenvalue weighted by Crippen LogP contribution is -2.40. The monoisotopic (exact) mass is 456 g/mol. The Morgan fingerprint density at radius 2 is 2.09 bits per heavy atom. The highest BCUT2D eigenvalue weighted by Crippen LogP contribution is 2.47. The molecule has 2 heterocycles. The normalized spacial score (nSPS) is 21.5. The summed E-state index contributed by atoms with van der Waals surface area (Å²) in [6, 6.07) is 4.60. The van der Waals surface area contributed by atoms with E-state index in [1.807, 2.05) is 45.1 Å². The van der Waals surface area contributed by atoms with Crippen LogP contribution in [0, 0.1) is 11.8 Å². The van der Waals surface area contributed by atoms with Gasteiger partial charge < -0.3 is 14.8 Å². The summed E-state index contributed by atoms with van der Waals surface area (Å²) >= 11 is 6.43. The van der Waals surface area contributed by atoms with Crippen LogP contribution in [-0.4, -0.2) is 41.9 Å². The van der Waals surface area contributed by atoms with Gasteiger partial charge in [0.2, 0.25) is 11.8 Å². The predicted octanol–water partition coefficient (Wildman–Crippen LogP) is 3.45. The van der Waals surface area contributed by atoms with Gasteiger partial charge in [-0.1, -0.05) is 56.7 Å². The Hall–Kier alpha value is -3.06. The van der Waals surface area contributed by atoms with Crippen LogP contribution in [0.1, 0.15) is 32.8 Å². The molecule has 1 saturated heterocycles. The fraction of sp³-hybridized carbons (Fsp3) is 0.375. The van der Waals surface area contributed by atoms with Gasteiger partial charge >= 0.3 is 5.97 Å². The van der Waals surface area contributed by atoms with Crippen LogP contribution in [0.15, 0.2) is 47.9 Å². The molecule has 2 aliphatic heterocycles. The summed E-state index contributed by atoms with van der Waals surface area (Å²) in [6.45, 7) is 6.22. The summed E-state index contributed by atoms with van der Waals surface area (Å²) in [7, 11) is 0. The third-order valence-corrected chi connectivity index (χ3v) is 5.94. The zero-order valence-electron chi connectivity index (χ0n) is 18.2. The van der Waals surface area contributed by atoms with Gasteiger partial charge in [-0.2, -0.15) is 0 Å². The van der Waals surface area contributed by atoms with Crippen LogP contribution < -0.4 is 10.1 Å². The summed E-state index contributed by atoms with van der Waals surface area (Å²) in [6.07, 6.45) is 6.35. The van der Waals surface area contributed by atoms with Gasteiger partial charge in [-0.3, -0.25) is 14.5 Å². The number of allylic oxidation sites excluding steroid dienone is 3. The quantitative estimate of drug-likeness (QED) is 0.635. The van der Waals surface area contributed by atoms with Gasteiger partial charge in [0.15, 0.2) is 6.61 Å². The molecule has 32 heavy (non-hydrogen) atoms. The van der Waals surface area contributed by atoms with E-state index in [1.165, 1.54) is 4.90 Å². The molecular formula is C24H25ClN2O5. The number of rotatable bonds is 7. The second-order valence-electron chi connectivity index (χ2n) is 8.26. The number of carbonyl (C=O) groups excluding carboxylic acids is 3. The first-order chi connectivity index (χ1) is 15.3. The number of benzene rings is 1. The van der Waals surface area contributed by atoms with E-state index in [0.717, 1.165) is 17.6 Å². The van der Waals surface area contributed by atoms with Gasteiger partial charge in [-0.25, -0.2) is 4.79 Å². The van der Waals surface area contributed by atoms with Crippen LogP contribution in [0.5, 0.6) is 5.75 Å². The van der Waals surface area contributed by atoms with Crippen LogP contribution in [-0.2, 0) is 19.1 Å². The van der Waals surface area contributed by atoms with E-state index in [9.17, 15) is 14.4 Å². The highest BCUT2D eigenvalue weighted by Gasteiger charge is 2.53. The minimum Gasteiger partial charge on any atom is -0.482 e. The number of hydrogen-bond acceptors (Lipinski definition) is 5. The second kappa shape index (κ2) is 8.82. The Morgan fingerprint density at radius 3 is 2.78 bits per heavy atom. The number of ether oxygens (including phenoxy) is 2. The molecule has 3 aliphatic rings. The first-order valence-corrected chi connectivity index (χ1v) is 11.1. The molecule has 0 radical (unpaired) electrons. The van der Waals surface area contributed by atoms with Crippen LogP contribution in [0.4, 0.5) is 0 Å². The van der Waals surface area contributed by atoms with Crippen molar-refractivity contribution in [3.05, 3.63) is 58.5 Å². The van der Waals surface area contributed by atoms with Crippen molar-refractivity contribution in [2.75, 3.05) is 13.2 Å². The maximum atomic E-state index is 13.1. The van der Waals surface area contributed by atoms with Crippen molar-refractivity contribution in [1.29, 1.82) is 0 Å². The van der Waals surface area contributed by atoms with E-state index in [-0.39, 0.29) is 24.3 Å². The van der Waals surface area contributed by atoms with Gasteiger partial charge in [-0.05, 0) is 35.6 Å². The molecule has 1 aromatic carbocycles. The average molecular weight is 457 g/mol. The number of nitrogens with zero attached hydrogens (tertiary/aromatic N) is 1. The van der Waals surface area contributed by atoms with Gasteiger partial charge in [0.1, 0.15) is 11.8 Å². The Kier molecular flexibility index (Phi) is 6.11. The molecule has 0 bridgehead atoms. The van der Waals surface area contributed by atoms with Crippen molar-refractivity contribution in [3.63, 3.8) is 0 Å². The van der Waals surface area contributed by atoms with E-state index < -0.39 is 17.9 Å². The highest BCUT2D eigenvalue weighted by atomic mass is 35.5. The molecule has 2 atom stereocenters. The summed E-state index contributed by atoms with van der Waals surface area (Å²) in [5.41, 5.74) is 2.18. The summed E-state index contributed by atoms with van der Waals surface area (Å²) in [5, 5.41) is 3.08. The zero-order chi connectivity index (χ0) is 23.0. The summed E-state index contributed by atoms with van der Waals surface area (Å²) < 4.78 is 11.1. The van der Waals surface area contributed by atoms with Crippen molar-refractivity contribution in [1.82, 2.24) is 10.2 Å². The molecule has 1 N–H and O–H groups in total. The first kappa shape index (κ1) is 22.1. The lowest BCUT2D eigenvalue weighted by molar-refractivity contribution is -0.140. The minimum absolute atomic E-state index is 0.0680. The Balaban J connectivity index is 1.61. The third kappa shape index (κ3) is 3.81. The lowest BCUT2D eigenvalue weighted by Gasteiger charge is -2.21. The first-order valence-electron chi connectivity index (χ1n) is 10.7.